The summed E-state index contributed by atoms with van der Waals surface area (Å²) in [6.45, 7) is 4.59. The molecule has 0 aliphatic rings. The fourth-order valence-corrected chi connectivity index (χ4v) is 1.86. The number of halogens is 2. The van der Waals surface area contributed by atoms with E-state index in [1.165, 1.54) is 0 Å². The summed E-state index contributed by atoms with van der Waals surface area (Å²) in [5.74, 6) is 0.495. The number of rotatable bonds is 8. The van der Waals surface area contributed by atoms with E-state index < -0.39 is 0 Å². The van der Waals surface area contributed by atoms with E-state index in [-0.39, 0.29) is 12.5 Å². The van der Waals surface area contributed by atoms with Gasteiger partial charge in [-0.25, -0.2) is 0 Å². The molecule has 19 heavy (non-hydrogen) atoms. The van der Waals surface area contributed by atoms with E-state index in [0.717, 1.165) is 13.1 Å². The molecule has 4 nitrogen and oxygen atoms in total. The number of likely N-dealkylation sites (N-methyl/N-ethyl adjacent to an activating group) is 1. The minimum Gasteiger partial charge on any atom is -0.491 e. The number of amides is 1. The molecule has 1 aromatic carbocycles. The lowest BCUT2D eigenvalue weighted by Crippen LogP contribution is -2.32. The quantitative estimate of drug-likeness (QED) is 0.726. The molecule has 0 aliphatic carbocycles. The van der Waals surface area contributed by atoms with Gasteiger partial charge in [-0.05, 0) is 24.7 Å². The van der Waals surface area contributed by atoms with Crippen LogP contribution in [0.2, 0.25) is 10.0 Å². The second-order valence-electron chi connectivity index (χ2n) is 3.88. The van der Waals surface area contributed by atoms with Crippen LogP contribution in [0.15, 0.2) is 18.2 Å². The molecule has 0 spiro atoms. The maximum absolute atomic E-state index is 11.5. The molecular formula is C13H18Cl2N2O2. The van der Waals surface area contributed by atoms with Crippen LogP contribution >= 0.6 is 23.2 Å². The molecule has 106 valence electrons. The van der Waals surface area contributed by atoms with Crippen molar-refractivity contribution in [1.82, 2.24) is 10.6 Å². The Hall–Kier alpha value is -0.970. The maximum Gasteiger partial charge on any atom is 0.223 e. The van der Waals surface area contributed by atoms with Gasteiger partial charge in [0.1, 0.15) is 5.75 Å². The molecule has 0 radical (unpaired) electrons. The van der Waals surface area contributed by atoms with Crippen LogP contribution in [0.1, 0.15) is 13.3 Å². The van der Waals surface area contributed by atoms with Crippen molar-refractivity contribution in [3.63, 3.8) is 0 Å². The zero-order chi connectivity index (χ0) is 14.1. The topological polar surface area (TPSA) is 50.4 Å². The van der Waals surface area contributed by atoms with Gasteiger partial charge in [0.05, 0.1) is 18.1 Å². The molecule has 0 saturated carbocycles. The summed E-state index contributed by atoms with van der Waals surface area (Å²) in [6.07, 6.45) is 0.297. The third-order valence-corrected chi connectivity index (χ3v) is 2.89. The second kappa shape index (κ2) is 9.02. The van der Waals surface area contributed by atoms with E-state index in [9.17, 15) is 4.79 Å². The largest absolute Gasteiger partial charge is 0.491 e. The third-order valence-electron chi connectivity index (χ3n) is 2.35. The zero-order valence-electron chi connectivity index (χ0n) is 10.8. The highest BCUT2D eigenvalue weighted by atomic mass is 35.5. The van der Waals surface area contributed by atoms with Crippen molar-refractivity contribution in [2.45, 2.75) is 13.3 Å². The predicted molar refractivity (Wildman–Crippen MR) is 78.1 cm³/mol. The Morgan fingerprint density at radius 1 is 1.32 bits per heavy atom. The highest BCUT2D eigenvalue weighted by molar-refractivity contribution is 6.35. The number of nitrogens with one attached hydrogen (secondary N) is 2. The molecule has 1 aromatic rings. The van der Waals surface area contributed by atoms with Gasteiger partial charge in [0.15, 0.2) is 0 Å². The molecule has 1 amide bonds. The Morgan fingerprint density at radius 3 is 2.79 bits per heavy atom. The van der Waals surface area contributed by atoms with Crippen molar-refractivity contribution in [3.8, 4) is 5.75 Å². The monoisotopic (exact) mass is 304 g/mol. The summed E-state index contributed by atoms with van der Waals surface area (Å²) in [5.41, 5.74) is 0. The van der Waals surface area contributed by atoms with E-state index in [4.69, 9.17) is 27.9 Å². The van der Waals surface area contributed by atoms with Crippen molar-refractivity contribution >= 4 is 29.1 Å². The van der Waals surface area contributed by atoms with Gasteiger partial charge in [-0.15, -0.1) is 0 Å². The number of benzene rings is 1. The van der Waals surface area contributed by atoms with Crippen molar-refractivity contribution in [2.24, 2.45) is 0 Å². The molecule has 0 atom stereocenters. The van der Waals surface area contributed by atoms with Crippen LogP contribution in [-0.4, -0.2) is 32.1 Å². The number of hydrogen-bond donors (Lipinski definition) is 2. The Morgan fingerprint density at radius 2 is 2.11 bits per heavy atom. The first kappa shape index (κ1) is 16.1. The first-order valence-electron chi connectivity index (χ1n) is 6.18. The van der Waals surface area contributed by atoms with Gasteiger partial charge >= 0.3 is 0 Å². The van der Waals surface area contributed by atoms with E-state index in [0.29, 0.717) is 28.8 Å². The van der Waals surface area contributed by atoms with Crippen LogP contribution < -0.4 is 15.4 Å². The van der Waals surface area contributed by atoms with Crippen molar-refractivity contribution in [2.75, 3.05) is 26.2 Å². The predicted octanol–water partition coefficient (Wildman–Crippen LogP) is 2.49. The standard InChI is InChI=1S/C13H18Cl2N2O2/c1-2-16-6-7-17-13(18)5-8-19-12-4-3-10(14)9-11(12)15/h3-4,9,16H,2,5-8H2,1H3,(H,17,18). The third kappa shape index (κ3) is 6.66. The van der Waals surface area contributed by atoms with E-state index in [2.05, 4.69) is 10.6 Å². The lowest BCUT2D eigenvalue weighted by Gasteiger charge is -2.09. The van der Waals surface area contributed by atoms with Gasteiger partial charge < -0.3 is 15.4 Å². The Bertz CT molecular complexity index is 414. The molecule has 1 rings (SSSR count). The molecule has 0 unspecified atom stereocenters. The molecule has 0 aliphatic heterocycles. The van der Waals surface area contributed by atoms with Gasteiger partial charge in [-0.3, -0.25) is 4.79 Å². The Balaban J connectivity index is 2.20. The highest BCUT2D eigenvalue weighted by Crippen LogP contribution is 2.27. The smallest absolute Gasteiger partial charge is 0.223 e. The second-order valence-corrected chi connectivity index (χ2v) is 4.72. The fourth-order valence-electron chi connectivity index (χ4n) is 1.40. The van der Waals surface area contributed by atoms with E-state index in [1.54, 1.807) is 18.2 Å². The average Bonchev–Trinajstić information content (AvgIpc) is 2.37. The number of hydrogen-bond acceptors (Lipinski definition) is 3. The Kier molecular flexibility index (Phi) is 7.63. The average molecular weight is 305 g/mol. The molecular weight excluding hydrogens is 287 g/mol. The number of ether oxygens (including phenoxy) is 1. The number of carbonyl (C=O) groups excluding carboxylic acids is 1. The fraction of sp³-hybridized carbons (Fsp3) is 0.462. The first-order valence-corrected chi connectivity index (χ1v) is 6.94. The van der Waals surface area contributed by atoms with Crippen molar-refractivity contribution < 1.29 is 9.53 Å². The minimum absolute atomic E-state index is 0.0389. The summed E-state index contributed by atoms with van der Waals surface area (Å²) in [4.78, 5) is 11.5. The summed E-state index contributed by atoms with van der Waals surface area (Å²) in [6, 6.07) is 4.99. The lowest BCUT2D eigenvalue weighted by atomic mass is 10.3. The van der Waals surface area contributed by atoms with Crippen molar-refractivity contribution in [1.29, 1.82) is 0 Å². The molecule has 0 bridgehead atoms. The highest BCUT2D eigenvalue weighted by Gasteiger charge is 2.04. The van der Waals surface area contributed by atoms with E-state index >= 15 is 0 Å². The van der Waals surface area contributed by atoms with E-state index in [1.807, 2.05) is 6.92 Å². The molecule has 0 saturated heterocycles. The van der Waals surface area contributed by atoms with Gasteiger partial charge in [-0.2, -0.15) is 0 Å². The molecule has 2 N–H and O–H groups in total. The van der Waals surface area contributed by atoms with Crippen LogP contribution in [0.4, 0.5) is 0 Å². The molecule has 0 aromatic heterocycles. The van der Waals surface area contributed by atoms with Gasteiger partial charge in [0.25, 0.3) is 0 Å². The number of carbonyl (C=O) groups is 1. The molecule has 0 fully saturated rings. The SMILES string of the molecule is CCNCCNC(=O)CCOc1ccc(Cl)cc1Cl. The van der Waals surface area contributed by atoms with Crippen LogP contribution in [0.5, 0.6) is 5.75 Å². The summed E-state index contributed by atoms with van der Waals surface area (Å²) in [5, 5.41) is 6.91. The zero-order valence-corrected chi connectivity index (χ0v) is 12.4. The summed E-state index contributed by atoms with van der Waals surface area (Å²) < 4.78 is 5.42. The lowest BCUT2D eigenvalue weighted by molar-refractivity contribution is -0.121. The van der Waals surface area contributed by atoms with Crippen LogP contribution in [0.3, 0.4) is 0 Å². The Labute approximate surface area is 123 Å². The molecule has 6 heteroatoms. The molecule has 0 heterocycles. The van der Waals surface area contributed by atoms with Gasteiger partial charge in [0, 0.05) is 18.1 Å². The summed E-state index contributed by atoms with van der Waals surface area (Å²) in [7, 11) is 0. The van der Waals surface area contributed by atoms with Crippen LogP contribution in [0.25, 0.3) is 0 Å². The summed E-state index contributed by atoms with van der Waals surface area (Å²) >= 11 is 11.7. The maximum atomic E-state index is 11.5. The van der Waals surface area contributed by atoms with Crippen LogP contribution in [0, 0.1) is 0 Å². The van der Waals surface area contributed by atoms with Gasteiger partial charge in [-0.1, -0.05) is 30.1 Å². The van der Waals surface area contributed by atoms with Crippen molar-refractivity contribution in [3.05, 3.63) is 28.2 Å². The van der Waals surface area contributed by atoms with Crippen LogP contribution in [-0.2, 0) is 4.79 Å². The van der Waals surface area contributed by atoms with Gasteiger partial charge in [0.2, 0.25) is 5.91 Å². The first-order chi connectivity index (χ1) is 9.13. The minimum atomic E-state index is -0.0389. The normalized spacial score (nSPS) is 10.3.